The Morgan fingerprint density at radius 1 is 1.11 bits per heavy atom. The number of nitrogens with zero attached hydrogens (tertiary/aromatic N) is 2. The molecule has 0 bridgehead atoms. The van der Waals surface area contributed by atoms with Crippen molar-refractivity contribution in [3.8, 4) is 11.3 Å². The first-order valence-electron chi connectivity index (χ1n) is 14.8. The largest absolute Gasteiger partial charge is 0.460 e. The number of aromatic nitrogens is 1. The minimum Gasteiger partial charge on any atom is -0.460 e. The van der Waals surface area contributed by atoms with Gasteiger partial charge in [-0.15, -0.1) is 0 Å². The molecule has 45 heavy (non-hydrogen) atoms. The minimum atomic E-state index is -1.75. The molecule has 1 fully saturated rings. The third kappa shape index (κ3) is 11.4. The molecular weight excluding hydrogens is 645 g/mol. The van der Waals surface area contributed by atoms with E-state index in [4.69, 9.17) is 39.5 Å². The Morgan fingerprint density at radius 3 is 2.47 bits per heavy atom. The highest BCUT2D eigenvalue weighted by Crippen LogP contribution is 2.26. The number of hydrogen-bond acceptors (Lipinski definition) is 8. The van der Waals surface area contributed by atoms with Crippen LogP contribution in [0.5, 0.6) is 0 Å². The van der Waals surface area contributed by atoms with Crippen molar-refractivity contribution in [1.29, 1.82) is 0 Å². The molecule has 2 heterocycles. The van der Waals surface area contributed by atoms with Crippen LogP contribution in [-0.2, 0) is 30.3 Å². The Bertz CT molecular complexity index is 1340. The number of benzene rings is 1. The van der Waals surface area contributed by atoms with Crippen molar-refractivity contribution in [1.82, 2.24) is 26.1 Å². The lowest BCUT2D eigenvalue weighted by Gasteiger charge is -2.34. The highest BCUT2D eigenvalue weighted by molar-refractivity contribution is 6.67. The summed E-state index contributed by atoms with van der Waals surface area (Å²) < 4.78 is 3.27. The Hall–Kier alpha value is -2.96. The van der Waals surface area contributed by atoms with Gasteiger partial charge in [-0.2, -0.15) is 0 Å². The van der Waals surface area contributed by atoms with E-state index < -0.39 is 52.4 Å². The number of aliphatic hydroxyl groups is 1. The molecule has 4 atom stereocenters. The summed E-state index contributed by atoms with van der Waals surface area (Å²) in [6, 6.07) is 8.66. The molecular formula is C31H40Cl3N5O6. The quantitative estimate of drug-likeness (QED) is 0.195. The number of rotatable bonds is 12. The van der Waals surface area contributed by atoms with Crippen LogP contribution in [0.4, 0.5) is 0 Å². The molecule has 1 aliphatic rings. The van der Waals surface area contributed by atoms with Crippen molar-refractivity contribution in [3.63, 3.8) is 0 Å². The van der Waals surface area contributed by atoms with Crippen LogP contribution in [0, 0.1) is 5.92 Å². The van der Waals surface area contributed by atoms with Crippen LogP contribution in [0.2, 0.25) is 0 Å². The van der Waals surface area contributed by atoms with Crippen molar-refractivity contribution in [2.75, 3.05) is 13.2 Å². The number of aliphatic hydroxyl groups excluding tert-OH is 1. The molecule has 1 saturated heterocycles. The Labute approximate surface area is 278 Å². The second-order valence-electron chi connectivity index (χ2n) is 11.4. The SMILES string of the molecule is CC(NC(=O)C(NC(=O)CCc1ccc(-c2cccc(C(C)O)c2)nc1)C(C)C)C(=O)N1CCCC(C(=O)OCC(Cl)(Cl)Cl)N1. The van der Waals surface area contributed by atoms with E-state index in [-0.39, 0.29) is 18.2 Å². The van der Waals surface area contributed by atoms with E-state index >= 15 is 0 Å². The highest BCUT2D eigenvalue weighted by atomic mass is 35.6. The zero-order valence-electron chi connectivity index (χ0n) is 25.7. The zero-order valence-corrected chi connectivity index (χ0v) is 28.0. The first-order valence-corrected chi connectivity index (χ1v) is 15.9. The molecule has 4 unspecified atom stereocenters. The molecule has 0 spiro atoms. The van der Waals surface area contributed by atoms with Crippen LogP contribution in [0.15, 0.2) is 42.6 Å². The minimum absolute atomic E-state index is 0.136. The Kier molecular flexibility index (Phi) is 13.4. The van der Waals surface area contributed by atoms with Gasteiger partial charge in [0.2, 0.25) is 15.6 Å². The lowest BCUT2D eigenvalue weighted by Crippen LogP contribution is -2.61. The fourth-order valence-electron chi connectivity index (χ4n) is 4.71. The van der Waals surface area contributed by atoms with Gasteiger partial charge in [0.1, 0.15) is 24.7 Å². The van der Waals surface area contributed by atoms with Gasteiger partial charge in [-0.05, 0) is 62.3 Å². The number of esters is 1. The number of aryl methyl sites for hydroxylation is 1. The number of alkyl halides is 3. The van der Waals surface area contributed by atoms with Gasteiger partial charge in [-0.1, -0.05) is 72.9 Å². The molecule has 0 aliphatic carbocycles. The van der Waals surface area contributed by atoms with Gasteiger partial charge < -0.3 is 20.5 Å². The first-order chi connectivity index (χ1) is 21.1. The zero-order chi connectivity index (χ0) is 33.3. The number of amides is 3. The van der Waals surface area contributed by atoms with Gasteiger partial charge >= 0.3 is 5.97 Å². The molecule has 14 heteroatoms. The highest BCUT2D eigenvalue weighted by Gasteiger charge is 2.34. The van der Waals surface area contributed by atoms with Crippen molar-refractivity contribution >= 4 is 58.5 Å². The Morgan fingerprint density at radius 2 is 1.84 bits per heavy atom. The van der Waals surface area contributed by atoms with Gasteiger partial charge in [0.25, 0.3) is 5.91 Å². The number of carbonyl (C=O) groups is 4. The third-order valence-electron chi connectivity index (χ3n) is 7.24. The molecule has 11 nitrogen and oxygen atoms in total. The number of carbonyl (C=O) groups excluding carboxylic acids is 4. The molecule has 2 aromatic rings. The van der Waals surface area contributed by atoms with Gasteiger partial charge in [0, 0.05) is 24.7 Å². The van der Waals surface area contributed by atoms with Crippen molar-refractivity contribution < 1.29 is 29.0 Å². The standard InChI is InChI=1S/C31H40Cl3N5O6/c1-18(2)27(28(42)36-19(3)29(43)39-14-6-9-25(38-39)30(44)45-17-31(32,33)34)37-26(41)13-11-21-10-12-24(35-16-21)23-8-5-7-22(15-23)20(4)40/h5,7-8,10,12,15-16,18-20,25,27,38,40H,6,9,11,13-14,17H2,1-4H3,(H,36,42)(H,37,41). The van der Waals surface area contributed by atoms with E-state index in [0.29, 0.717) is 25.8 Å². The first kappa shape index (κ1) is 36.5. The fraction of sp³-hybridized carbons (Fsp3) is 0.516. The number of hydrazine groups is 1. The molecule has 3 amide bonds. The number of hydrogen-bond donors (Lipinski definition) is 4. The number of halogens is 3. The van der Waals surface area contributed by atoms with Crippen LogP contribution < -0.4 is 16.1 Å². The van der Waals surface area contributed by atoms with Gasteiger partial charge in [-0.25, -0.2) is 5.43 Å². The maximum absolute atomic E-state index is 13.1. The topological polar surface area (TPSA) is 150 Å². The molecule has 3 rings (SSSR count). The summed E-state index contributed by atoms with van der Waals surface area (Å²) in [5.41, 5.74) is 6.11. The summed E-state index contributed by atoms with van der Waals surface area (Å²) in [7, 11) is 0. The van der Waals surface area contributed by atoms with Crippen LogP contribution in [-0.4, -0.2) is 73.9 Å². The average molecular weight is 685 g/mol. The average Bonchev–Trinajstić information content (AvgIpc) is 3.00. The second-order valence-corrected chi connectivity index (χ2v) is 13.9. The smallest absolute Gasteiger partial charge is 0.325 e. The molecule has 1 aromatic carbocycles. The summed E-state index contributed by atoms with van der Waals surface area (Å²) in [6.07, 6.45) is 2.62. The lowest BCUT2D eigenvalue weighted by molar-refractivity contribution is -0.152. The third-order valence-corrected chi connectivity index (χ3v) is 7.57. The van der Waals surface area contributed by atoms with Crippen LogP contribution in [0.25, 0.3) is 11.3 Å². The summed E-state index contributed by atoms with van der Waals surface area (Å²) >= 11 is 16.9. The lowest BCUT2D eigenvalue weighted by atomic mass is 10.0. The normalized spacial score (nSPS) is 17.3. The maximum atomic E-state index is 13.1. The molecule has 4 N–H and O–H groups in total. The Balaban J connectivity index is 1.50. The van der Waals surface area contributed by atoms with Crippen LogP contribution >= 0.6 is 34.8 Å². The van der Waals surface area contributed by atoms with Crippen molar-refractivity contribution in [3.05, 3.63) is 53.7 Å². The fourth-order valence-corrected chi connectivity index (χ4v) is 4.87. The molecule has 0 saturated carbocycles. The maximum Gasteiger partial charge on any atom is 0.325 e. The number of pyridine rings is 1. The van der Waals surface area contributed by atoms with E-state index in [1.54, 1.807) is 27.0 Å². The molecule has 1 aliphatic heterocycles. The number of ether oxygens (including phenoxy) is 1. The molecule has 0 radical (unpaired) electrons. The number of nitrogens with one attached hydrogen (secondary N) is 3. The van der Waals surface area contributed by atoms with Gasteiger partial charge in [0.15, 0.2) is 0 Å². The second kappa shape index (κ2) is 16.6. The summed E-state index contributed by atoms with van der Waals surface area (Å²) in [5, 5.41) is 16.6. The monoisotopic (exact) mass is 683 g/mol. The van der Waals surface area contributed by atoms with Gasteiger partial charge in [0.05, 0.1) is 11.8 Å². The van der Waals surface area contributed by atoms with E-state index in [1.165, 1.54) is 11.9 Å². The predicted octanol–water partition coefficient (Wildman–Crippen LogP) is 3.79. The van der Waals surface area contributed by atoms with Crippen LogP contribution in [0.1, 0.15) is 64.2 Å². The van der Waals surface area contributed by atoms with E-state index in [9.17, 15) is 24.3 Å². The van der Waals surface area contributed by atoms with Crippen LogP contribution in [0.3, 0.4) is 0 Å². The molecule has 1 aromatic heterocycles. The van der Waals surface area contributed by atoms with Crippen molar-refractivity contribution in [2.45, 2.75) is 81.4 Å². The van der Waals surface area contributed by atoms with Gasteiger partial charge in [-0.3, -0.25) is 29.2 Å². The molecule has 246 valence electrons. The summed E-state index contributed by atoms with van der Waals surface area (Å²) in [4.78, 5) is 55.9. The van der Waals surface area contributed by atoms with E-state index in [2.05, 4.69) is 21.0 Å². The summed E-state index contributed by atoms with van der Waals surface area (Å²) in [5.74, 6) is -2.18. The van der Waals surface area contributed by atoms with E-state index in [0.717, 1.165) is 22.4 Å². The summed E-state index contributed by atoms with van der Waals surface area (Å²) in [6.45, 7) is 6.72. The van der Waals surface area contributed by atoms with E-state index in [1.807, 2.05) is 36.4 Å². The predicted molar refractivity (Wildman–Crippen MR) is 172 cm³/mol. The van der Waals surface area contributed by atoms with Crippen molar-refractivity contribution in [2.24, 2.45) is 5.92 Å².